The van der Waals surface area contributed by atoms with Gasteiger partial charge in [-0.25, -0.2) is 4.39 Å². The number of pyridine rings is 1. The second-order valence-corrected chi connectivity index (χ2v) is 7.74. The molecule has 3 rings (SSSR count). The molecule has 2 aromatic rings. The summed E-state index contributed by atoms with van der Waals surface area (Å²) < 4.78 is 14.0. The van der Waals surface area contributed by atoms with Gasteiger partial charge in [0.1, 0.15) is 5.82 Å². The Morgan fingerprint density at radius 3 is 2.52 bits per heavy atom. The molecule has 1 aliphatic rings. The molecule has 2 heteroatoms. The molecule has 1 aliphatic carbocycles. The van der Waals surface area contributed by atoms with E-state index in [1.54, 1.807) is 12.1 Å². The molecule has 0 radical (unpaired) electrons. The Labute approximate surface area is 139 Å². The Balaban J connectivity index is 2.13. The number of benzene rings is 1. The highest BCUT2D eigenvalue weighted by atomic mass is 19.1. The first-order chi connectivity index (χ1) is 10.8. The molecule has 1 fully saturated rings. The van der Waals surface area contributed by atoms with Crippen molar-refractivity contribution in [3.8, 4) is 11.3 Å². The summed E-state index contributed by atoms with van der Waals surface area (Å²) in [7, 11) is 0. The van der Waals surface area contributed by atoms with Gasteiger partial charge in [0.15, 0.2) is 0 Å². The summed E-state index contributed by atoms with van der Waals surface area (Å²) in [5.74, 6) is 0.299. The lowest BCUT2D eigenvalue weighted by molar-refractivity contribution is 0.460. The number of nitrogens with zero attached hydrogens (tertiary/aromatic N) is 1. The molecule has 0 N–H and O–H groups in total. The van der Waals surface area contributed by atoms with Gasteiger partial charge >= 0.3 is 0 Å². The highest BCUT2D eigenvalue weighted by Gasteiger charge is 2.61. The fourth-order valence-electron chi connectivity index (χ4n) is 3.82. The third kappa shape index (κ3) is 2.58. The van der Waals surface area contributed by atoms with Crippen LogP contribution < -0.4 is 0 Å². The van der Waals surface area contributed by atoms with Crippen molar-refractivity contribution in [1.82, 2.24) is 4.98 Å². The van der Waals surface area contributed by atoms with E-state index < -0.39 is 0 Å². The summed E-state index contributed by atoms with van der Waals surface area (Å²) >= 11 is 0. The SMILES string of the molecule is CC[C@]1(C)CC1(C)c1cc(F)ccc1-c1cc(C(C)C)ccn1. The van der Waals surface area contributed by atoms with Gasteiger partial charge < -0.3 is 0 Å². The van der Waals surface area contributed by atoms with Gasteiger partial charge in [-0.3, -0.25) is 4.98 Å². The molecular weight excluding hydrogens is 285 g/mol. The maximum absolute atomic E-state index is 14.0. The van der Waals surface area contributed by atoms with Gasteiger partial charge in [-0.15, -0.1) is 0 Å². The van der Waals surface area contributed by atoms with Crippen LogP contribution in [0, 0.1) is 11.2 Å². The topological polar surface area (TPSA) is 12.9 Å². The van der Waals surface area contributed by atoms with Crippen LogP contribution in [0.25, 0.3) is 11.3 Å². The van der Waals surface area contributed by atoms with E-state index in [2.05, 4.69) is 51.7 Å². The van der Waals surface area contributed by atoms with Gasteiger partial charge in [0.25, 0.3) is 0 Å². The summed E-state index contributed by atoms with van der Waals surface area (Å²) in [5.41, 5.74) is 4.70. The third-order valence-corrected chi connectivity index (χ3v) is 6.03. The molecule has 1 aromatic heterocycles. The lowest BCUT2D eigenvalue weighted by atomic mass is 9.83. The fraction of sp³-hybridized carbons (Fsp3) is 0.476. The molecule has 23 heavy (non-hydrogen) atoms. The normalized spacial score (nSPS) is 26.6. The van der Waals surface area contributed by atoms with Gasteiger partial charge in [0.2, 0.25) is 0 Å². The van der Waals surface area contributed by atoms with Crippen LogP contribution in [-0.4, -0.2) is 4.98 Å². The van der Waals surface area contributed by atoms with Gasteiger partial charge in [0.05, 0.1) is 5.69 Å². The lowest BCUT2D eigenvalue weighted by Crippen LogP contribution is -2.13. The maximum Gasteiger partial charge on any atom is 0.123 e. The van der Waals surface area contributed by atoms with Crippen molar-refractivity contribution in [3.63, 3.8) is 0 Å². The Morgan fingerprint density at radius 1 is 1.17 bits per heavy atom. The van der Waals surface area contributed by atoms with Gasteiger partial charge in [-0.1, -0.05) is 34.6 Å². The summed E-state index contributed by atoms with van der Waals surface area (Å²) in [6.07, 6.45) is 4.09. The molecule has 1 heterocycles. The smallest absolute Gasteiger partial charge is 0.123 e. The van der Waals surface area contributed by atoms with Crippen molar-refractivity contribution in [3.05, 3.63) is 53.5 Å². The summed E-state index contributed by atoms with van der Waals surface area (Å²) in [6.45, 7) is 11.2. The average molecular weight is 311 g/mol. The van der Waals surface area contributed by atoms with E-state index in [1.165, 1.54) is 5.56 Å². The van der Waals surface area contributed by atoms with E-state index in [1.807, 2.05) is 12.3 Å². The van der Waals surface area contributed by atoms with E-state index in [9.17, 15) is 4.39 Å². The van der Waals surface area contributed by atoms with Crippen LogP contribution in [0.3, 0.4) is 0 Å². The van der Waals surface area contributed by atoms with Crippen LogP contribution in [0.2, 0.25) is 0 Å². The molecule has 0 aliphatic heterocycles. The molecule has 1 saturated carbocycles. The number of hydrogen-bond acceptors (Lipinski definition) is 1. The van der Waals surface area contributed by atoms with Gasteiger partial charge in [0, 0.05) is 11.8 Å². The molecule has 0 amide bonds. The Bertz CT molecular complexity index is 736. The Morgan fingerprint density at radius 2 is 1.91 bits per heavy atom. The van der Waals surface area contributed by atoms with Crippen LogP contribution in [0.5, 0.6) is 0 Å². The minimum Gasteiger partial charge on any atom is -0.256 e. The first-order valence-electron chi connectivity index (χ1n) is 8.57. The predicted octanol–water partition coefficient (Wildman–Crippen LogP) is 6.09. The summed E-state index contributed by atoms with van der Waals surface area (Å²) in [5, 5.41) is 0. The quantitative estimate of drug-likeness (QED) is 0.666. The number of rotatable bonds is 4. The molecule has 122 valence electrons. The molecular formula is C21H26FN. The van der Waals surface area contributed by atoms with Crippen molar-refractivity contribution in [2.45, 2.75) is 58.8 Å². The zero-order chi connectivity index (χ0) is 16.8. The largest absolute Gasteiger partial charge is 0.256 e. The van der Waals surface area contributed by atoms with E-state index in [0.717, 1.165) is 29.7 Å². The third-order valence-electron chi connectivity index (χ3n) is 6.03. The van der Waals surface area contributed by atoms with E-state index >= 15 is 0 Å². The summed E-state index contributed by atoms with van der Waals surface area (Å²) in [6, 6.07) is 9.39. The number of hydrogen-bond donors (Lipinski definition) is 0. The molecule has 1 nitrogen and oxygen atoms in total. The first-order valence-corrected chi connectivity index (χ1v) is 8.57. The zero-order valence-corrected chi connectivity index (χ0v) is 14.8. The highest BCUT2D eigenvalue weighted by molar-refractivity contribution is 5.68. The van der Waals surface area contributed by atoms with Crippen molar-refractivity contribution >= 4 is 0 Å². The molecule has 1 unspecified atom stereocenters. The van der Waals surface area contributed by atoms with Gasteiger partial charge in [-0.05, 0) is 71.0 Å². The monoisotopic (exact) mass is 311 g/mol. The van der Waals surface area contributed by atoms with E-state index in [-0.39, 0.29) is 16.6 Å². The zero-order valence-electron chi connectivity index (χ0n) is 14.8. The lowest BCUT2D eigenvalue weighted by Gasteiger charge is -2.21. The molecule has 0 bridgehead atoms. The molecule has 1 aromatic carbocycles. The van der Waals surface area contributed by atoms with Crippen LogP contribution >= 0.6 is 0 Å². The van der Waals surface area contributed by atoms with Crippen molar-refractivity contribution < 1.29 is 4.39 Å². The fourth-order valence-corrected chi connectivity index (χ4v) is 3.82. The second-order valence-electron chi connectivity index (χ2n) is 7.74. The molecule has 0 saturated heterocycles. The number of aromatic nitrogens is 1. The van der Waals surface area contributed by atoms with E-state index in [0.29, 0.717) is 5.92 Å². The van der Waals surface area contributed by atoms with Crippen LogP contribution in [0.1, 0.15) is 64.5 Å². The van der Waals surface area contributed by atoms with Crippen LogP contribution in [-0.2, 0) is 5.41 Å². The molecule has 2 atom stereocenters. The van der Waals surface area contributed by atoms with Crippen molar-refractivity contribution in [2.75, 3.05) is 0 Å². The van der Waals surface area contributed by atoms with Crippen molar-refractivity contribution in [2.24, 2.45) is 5.41 Å². The Kier molecular flexibility index (Phi) is 3.82. The minimum absolute atomic E-state index is 0.0364. The molecule has 0 spiro atoms. The van der Waals surface area contributed by atoms with Gasteiger partial charge in [-0.2, -0.15) is 0 Å². The minimum atomic E-state index is -0.157. The standard InChI is InChI=1S/C21H26FN/c1-6-20(4)13-21(20,5)18-12-16(22)7-8-17(18)19-11-15(14(2)3)9-10-23-19/h7-12,14H,6,13H2,1-5H3/t20-,21?/m1/s1. The Hall–Kier alpha value is -1.70. The maximum atomic E-state index is 14.0. The summed E-state index contributed by atoms with van der Waals surface area (Å²) in [4.78, 5) is 4.57. The first kappa shape index (κ1) is 16.2. The highest BCUT2D eigenvalue weighted by Crippen LogP contribution is 2.67. The van der Waals surface area contributed by atoms with E-state index in [4.69, 9.17) is 0 Å². The number of halogens is 1. The second kappa shape index (κ2) is 5.43. The van der Waals surface area contributed by atoms with Crippen LogP contribution in [0.4, 0.5) is 4.39 Å². The van der Waals surface area contributed by atoms with Crippen molar-refractivity contribution in [1.29, 1.82) is 0 Å². The average Bonchev–Trinajstić information content (AvgIpc) is 3.11. The predicted molar refractivity (Wildman–Crippen MR) is 94.1 cm³/mol. The van der Waals surface area contributed by atoms with Crippen LogP contribution in [0.15, 0.2) is 36.5 Å².